The van der Waals surface area contributed by atoms with E-state index in [0.29, 0.717) is 17.2 Å². The van der Waals surface area contributed by atoms with E-state index in [-0.39, 0.29) is 11.6 Å². The van der Waals surface area contributed by atoms with Gasteiger partial charge in [-0.2, -0.15) is 0 Å². The lowest BCUT2D eigenvalue weighted by Crippen LogP contribution is -2.14. The summed E-state index contributed by atoms with van der Waals surface area (Å²) >= 11 is 0. The second-order valence-corrected chi connectivity index (χ2v) is 4.46. The summed E-state index contributed by atoms with van der Waals surface area (Å²) in [5.74, 6) is 0.695. The van der Waals surface area contributed by atoms with Gasteiger partial charge in [0.2, 0.25) is 0 Å². The Morgan fingerprint density at radius 2 is 1.77 bits per heavy atom. The van der Waals surface area contributed by atoms with Crippen molar-refractivity contribution in [3.63, 3.8) is 0 Å². The van der Waals surface area contributed by atoms with E-state index in [4.69, 9.17) is 4.74 Å². The standard InChI is InChI=1S/C17H13N3O2/c21-17(20-13-6-4-10-18-12-13)16-15(9-5-11-19-16)22-14-7-2-1-3-8-14/h1-12H,(H,20,21). The van der Waals surface area contributed by atoms with Crippen LogP contribution in [0.4, 0.5) is 5.69 Å². The van der Waals surface area contributed by atoms with E-state index < -0.39 is 0 Å². The number of nitrogens with zero attached hydrogens (tertiary/aromatic N) is 2. The predicted molar refractivity (Wildman–Crippen MR) is 82.9 cm³/mol. The highest BCUT2D eigenvalue weighted by atomic mass is 16.5. The molecule has 0 aliphatic rings. The van der Waals surface area contributed by atoms with Crippen LogP contribution < -0.4 is 10.1 Å². The number of carbonyl (C=O) groups is 1. The Morgan fingerprint density at radius 1 is 0.955 bits per heavy atom. The molecule has 5 nitrogen and oxygen atoms in total. The zero-order chi connectivity index (χ0) is 15.2. The number of para-hydroxylation sites is 1. The monoisotopic (exact) mass is 291 g/mol. The molecule has 3 rings (SSSR count). The van der Waals surface area contributed by atoms with Crippen LogP contribution in [0, 0.1) is 0 Å². The van der Waals surface area contributed by atoms with Gasteiger partial charge in [0.15, 0.2) is 11.4 Å². The van der Waals surface area contributed by atoms with Gasteiger partial charge in [0.05, 0.1) is 11.9 Å². The molecule has 22 heavy (non-hydrogen) atoms. The third-order valence-electron chi connectivity index (χ3n) is 2.88. The molecular weight excluding hydrogens is 278 g/mol. The van der Waals surface area contributed by atoms with Gasteiger partial charge in [0, 0.05) is 12.4 Å². The molecule has 0 spiro atoms. The molecule has 0 atom stereocenters. The van der Waals surface area contributed by atoms with Crippen LogP contribution in [0.3, 0.4) is 0 Å². The Balaban J connectivity index is 1.83. The van der Waals surface area contributed by atoms with Crippen LogP contribution in [0.5, 0.6) is 11.5 Å². The maximum atomic E-state index is 12.3. The second-order valence-electron chi connectivity index (χ2n) is 4.46. The quantitative estimate of drug-likeness (QED) is 0.798. The number of amides is 1. The molecule has 3 aromatic rings. The minimum absolute atomic E-state index is 0.218. The van der Waals surface area contributed by atoms with Crippen molar-refractivity contribution in [2.45, 2.75) is 0 Å². The average molecular weight is 291 g/mol. The first kappa shape index (κ1) is 13.8. The zero-order valence-electron chi connectivity index (χ0n) is 11.6. The van der Waals surface area contributed by atoms with Crippen molar-refractivity contribution >= 4 is 11.6 Å². The fourth-order valence-corrected chi connectivity index (χ4v) is 1.89. The number of rotatable bonds is 4. The van der Waals surface area contributed by atoms with Crippen molar-refractivity contribution in [3.8, 4) is 11.5 Å². The molecule has 0 saturated carbocycles. The van der Waals surface area contributed by atoms with Crippen molar-refractivity contribution in [3.05, 3.63) is 78.9 Å². The molecule has 1 N–H and O–H groups in total. The maximum absolute atomic E-state index is 12.3. The Hall–Kier alpha value is -3.21. The lowest BCUT2D eigenvalue weighted by Gasteiger charge is -2.10. The Kier molecular flexibility index (Phi) is 4.06. The molecule has 1 aromatic carbocycles. The molecule has 0 aliphatic heterocycles. The zero-order valence-corrected chi connectivity index (χ0v) is 11.6. The number of nitrogens with one attached hydrogen (secondary N) is 1. The van der Waals surface area contributed by atoms with Gasteiger partial charge in [-0.1, -0.05) is 18.2 Å². The summed E-state index contributed by atoms with van der Waals surface area (Å²) in [6.45, 7) is 0. The van der Waals surface area contributed by atoms with Crippen molar-refractivity contribution in [1.29, 1.82) is 0 Å². The summed E-state index contributed by atoms with van der Waals surface area (Å²) in [4.78, 5) is 20.4. The SMILES string of the molecule is O=C(Nc1cccnc1)c1ncccc1Oc1ccccc1. The number of aromatic nitrogens is 2. The Bertz CT molecular complexity index is 761. The first-order valence-electron chi connectivity index (χ1n) is 6.72. The number of carbonyl (C=O) groups excluding carboxylic acids is 1. The summed E-state index contributed by atoms with van der Waals surface area (Å²) in [5, 5.41) is 2.74. The third-order valence-corrected chi connectivity index (χ3v) is 2.88. The number of benzene rings is 1. The van der Waals surface area contributed by atoms with Gasteiger partial charge in [-0.15, -0.1) is 0 Å². The topological polar surface area (TPSA) is 64.1 Å². The van der Waals surface area contributed by atoms with Crippen LogP contribution in [-0.2, 0) is 0 Å². The molecular formula is C17H13N3O2. The van der Waals surface area contributed by atoms with Crippen molar-refractivity contribution in [2.75, 3.05) is 5.32 Å². The summed E-state index contributed by atoms with van der Waals surface area (Å²) < 4.78 is 5.73. The summed E-state index contributed by atoms with van der Waals surface area (Å²) in [5.41, 5.74) is 0.819. The molecule has 0 aliphatic carbocycles. The van der Waals surface area contributed by atoms with Crippen LogP contribution >= 0.6 is 0 Å². The lowest BCUT2D eigenvalue weighted by atomic mass is 10.3. The summed E-state index contributed by atoms with van der Waals surface area (Å²) in [6.07, 6.45) is 4.76. The molecule has 2 aromatic heterocycles. The molecule has 1 amide bonds. The van der Waals surface area contributed by atoms with E-state index in [1.54, 1.807) is 42.9 Å². The first-order chi connectivity index (χ1) is 10.8. The molecule has 2 heterocycles. The number of anilines is 1. The molecule has 0 fully saturated rings. The average Bonchev–Trinajstić information content (AvgIpc) is 2.57. The summed E-state index contributed by atoms with van der Waals surface area (Å²) in [7, 11) is 0. The molecule has 0 unspecified atom stereocenters. The lowest BCUT2D eigenvalue weighted by molar-refractivity contribution is 0.102. The third kappa shape index (κ3) is 3.27. The van der Waals surface area contributed by atoms with E-state index in [1.165, 1.54) is 0 Å². The number of pyridine rings is 2. The van der Waals surface area contributed by atoms with Gasteiger partial charge in [-0.3, -0.25) is 9.78 Å². The minimum atomic E-state index is -0.348. The smallest absolute Gasteiger partial charge is 0.278 e. The van der Waals surface area contributed by atoms with E-state index in [0.717, 1.165) is 0 Å². The first-order valence-corrected chi connectivity index (χ1v) is 6.72. The molecule has 0 bridgehead atoms. The molecule has 0 saturated heterocycles. The van der Waals surface area contributed by atoms with Crippen LogP contribution in [-0.4, -0.2) is 15.9 Å². The van der Waals surface area contributed by atoms with Crippen LogP contribution in [0.25, 0.3) is 0 Å². The van der Waals surface area contributed by atoms with Gasteiger partial charge in [-0.05, 0) is 36.4 Å². The van der Waals surface area contributed by atoms with Gasteiger partial charge >= 0.3 is 0 Å². The highest BCUT2D eigenvalue weighted by molar-refractivity contribution is 6.04. The molecule has 108 valence electrons. The van der Waals surface area contributed by atoms with Gasteiger partial charge in [-0.25, -0.2) is 4.98 Å². The largest absolute Gasteiger partial charge is 0.455 e. The molecule has 0 radical (unpaired) electrons. The Labute approximate surface area is 127 Å². The summed E-state index contributed by atoms with van der Waals surface area (Å²) in [6, 6.07) is 16.2. The number of ether oxygens (including phenoxy) is 1. The highest BCUT2D eigenvalue weighted by Gasteiger charge is 2.14. The highest BCUT2D eigenvalue weighted by Crippen LogP contribution is 2.24. The molecule has 5 heteroatoms. The maximum Gasteiger partial charge on any atom is 0.278 e. The van der Waals surface area contributed by atoms with Crippen molar-refractivity contribution in [1.82, 2.24) is 9.97 Å². The van der Waals surface area contributed by atoms with Crippen molar-refractivity contribution < 1.29 is 9.53 Å². The second kappa shape index (κ2) is 6.49. The van der Waals surface area contributed by atoms with Gasteiger partial charge in [0.1, 0.15) is 5.75 Å². The van der Waals surface area contributed by atoms with E-state index in [9.17, 15) is 4.79 Å². The number of hydrogen-bond acceptors (Lipinski definition) is 4. The predicted octanol–water partition coefficient (Wildman–Crippen LogP) is 3.52. The fraction of sp³-hybridized carbons (Fsp3) is 0. The van der Waals surface area contributed by atoms with Crippen LogP contribution in [0.15, 0.2) is 73.2 Å². The van der Waals surface area contributed by atoms with Crippen LogP contribution in [0.1, 0.15) is 10.5 Å². The van der Waals surface area contributed by atoms with Gasteiger partial charge < -0.3 is 10.1 Å². The number of hydrogen-bond donors (Lipinski definition) is 1. The normalized spacial score (nSPS) is 10.0. The minimum Gasteiger partial charge on any atom is -0.455 e. The van der Waals surface area contributed by atoms with Crippen LogP contribution in [0.2, 0.25) is 0 Å². The fourth-order valence-electron chi connectivity index (χ4n) is 1.89. The van der Waals surface area contributed by atoms with E-state index in [1.807, 2.05) is 30.3 Å². The van der Waals surface area contributed by atoms with Gasteiger partial charge in [0.25, 0.3) is 5.91 Å². The van der Waals surface area contributed by atoms with Crippen molar-refractivity contribution in [2.24, 2.45) is 0 Å². The van der Waals surface area contributed by atoms with E-state index in [2.05, 4.69) is 15.3 Å². The van der Waals surface area contributed by atoms with E-state index >= 15 is 0 Å². The Morgan fingerprint density at radius 3 is 2.55 bits per heavy atom.